The smallest absolute Gasteiger partial charge is 0.244 e. The lowest BCUT2D eigenvalue weighted by Gasteiger charge is -2.49. The maximum atomic E-state index is 13.5. The van der Waals surface area contributed by atoms with Crippen molar-refractivity contribution in [2.45, 2.75) is 41.6 Å². The number of nitrogens with one attached hydrogen (secondary N) is 1. The summed E-state index contributed by atoms with van der Waals surface area (Å²) in [5.74, 6) is -0.545. The molecule has 2 aliphatic heterocycles. The Morgan fingerprint density at radius 3 is 1.70 bits per heavy atom. The molecule has 0 bridgehead atoms. The van der Waals surface area contributed by atoms with Gasteiger partial charge in [-0.2, -0.15) is 0 Å². The van der Waals surface area contributed by atoms with Crippen LogP contribution in [0.25, 0.3) is 0 Å². The number of fused-ring (bicyclic) bond motifs is 1. The number of carbonyl (C=O) groups excluding carboxylic acids is 2. The minimum atomic E-state index is -0.744. The maximum Gasteiger partial charge on any atom is 0.244 e. The molecular weight excluding hydrogens is 430 g/mol. The van der Waals surface area contributed by atoms with E-state index >= 15 is 0 Å². The van der Waals surface area contributed by atoms with Gasteiger partial charge in [0.05, 0.1) is 5.54 Å². The number of rotatable bonds is 6. The third kappa shape index (κ3) is 3.36. The van der Waals surface area contributed by atoms with Gasteiger partial charge in [0.1, 0.15) is 17.5 Å². The Labute approximate surface area is 198 Å². The quantitative estimate of drug-likeness (QED) is 0.439. The Bertz CT molecular complexity index is 1070. The fraction of sp³-hybridized carbons (Fsp3) is 0.259. The summed E-state index contributed by atoms with van der Waals surface area (Å²) >= 11 is 1.63. The molecular formula is C27H27N3O2S. The van der Waals surface area contributed by atoms with Crippen molar-refractivity contribution in [3.63, 3.8) is 0 Å². The number of amides is 2. The zero-order valence-electron chi connectivity index (χ0n) is 18.6. The molecule has 2 saturated heterocycles. The molecule has 3 N–H and O–H groups in total. The van der Waals surface area contributed by atoms with Crippen molar-refractivity contribution in [2.75, 3.05) is 0 Å². The molecule has 2 unspecified atom stereocenters. The molecule has 3 aromatic carbocycles. The highest BCUT2D eigenvalue weighted by Gasteiger charge is 2.64. The van der Waals surface area contributed by atoms with Gasteiger partial charge < -0.3 is 10.6 Å². The van der Waals surface area contributed by atoms with Crippen molar-refractivity contribution in [1.29, 1.82) is 0 Å². The largest absolute Gasteiger partial charge is 0.368 e. The summed E-state index contributed by atoms with van der Waals surface area (Å²) in [6, 6.07) is 29.5. The second kappa shape index (κ2) is 8.04. The van der Waals surface area contributed by atoms with Crippen LogP contribution in [-0.4, -0.2) is 38.9 Å². The van der Waals surface area contributed by atoms with Crippen LogP contribution in [0, 0.1) is 0 Å². The summed E-state index contributed by atoms with van der Waals surface area (Å²) < 4.78 is -0.447. The zero-order valence-corrected chi connectivity index (χ0v) is 19.5. The zero-order chi connectivity index (χ0) is 23.2. The Hall–Kier alpha value is -3.09. The Morgan fingerprint density at radius 2 is 1.30 bits per heavy atom. The standard InChI is InChI=1S/C27H27N3O2S/c1-26(2)22(23(28)31)30-24(32)21(25(30)33-26)29-27(18-12-6-3-7-13-18,19-14-8-4-9-15-19)20-16-10-5-11-17-20/h3-17,21-22,25,29H,1-2H3,(H2,28,31)/t21?,22?,25-/m0/s1. The predicted molar refractivity (Wildman–Crippen MR) is 131 cm³/mol. The van der Waals surface area contributed by atoms with Crippen molar-refractivity contribution in [1.82, 2.24) is 10.2 Å². The Kier molecular flexibility index (Phi) is 5.30. The second-order valence-electron chi connectivity index (χ2n) is 9.13. The van der Waals surface area contributed by atoms with Crippen LogP contribution in [0.3, 0.4) is 0 Å². The van der Waals surface area contributed by atoms with Gasteiger partial charge in [0.15, 0.2) is 0 Å². The van der Waals surface area contributed by atoms with E-state index in [4.69, 9.17) is 5.73 Å². The average molecular weight is 458 g/mol. The average Bonchev–Trinajstić information content (AvgIpc) is 3.09. The number of hydrogen-bond acceptors (Lipinski definition) is 4. The molecule has 2 heterocycles. The first-order valence-electron chi connectivity index (χ1n) is 11.1. The van der Waals surface area contributed by atoms with Crippen molar-refractivity contribution < 1.29 is 9.59 Å². The number of β-lactam (4-membered cyclic amide) rings is 1. The van der Waals surface area contributed by atoms with E-state index in [1.807, 2.05) is 68.4 Å². The molecule has 0 spiro atoms. The van der Waals surface area contributed by atoms with Crippen LogP contribution in [0.5, 0.6) is 0 Å². The first-order chi connectivity index (χ1) is 15.9. The molecule has 2 fully saturated rings. The van der Waals surface area contributed by atoms with E-state index in [-0.39, 0.29) is 11.3 Å². The van der Waals surface area contributed by atoms with E-state index in [1.165, 1.54) is 0 Å². The highest BCUT2D eigenvalue weighted by atomic mass is 32.2. The molecule has 5 nitrogen and oxygen atoms in total. The van der Waals surface area contributed by atoms with Crippen LogP contribution in [0.1, 0.15) is 30.5 Å². The fourth-order valence-corrected chi connectivity index (χ4v) is 6.90. The van der Waals surface area contributed by atoms with Gasteiger partial charge >= 0.3 is 0 Å². The van der Waals surface area contributed by atoms with Crippen LogP contribution < -0.4 is 11.1 Å². The first-order valence-corrected chi connectivity index (χ1v) is 12.0. The molecule has 6 heteroatoms. The summed E-state index contributed by atoms with van der Waals surface area (Å²) in [6.45, 7) is 3.96. The number of benzene rings is 3. The van der Waals surface area contributed by atoms with Crippen LogP contribution in [0.4, 0.5) is 0 Å². The van der Waals surface area contributed by atoms with Gasteiger partial charge in [0.2, 0.25) is 11.8 Å². The molecule has 33 heavy (non-hydrogen) atoms. The van der Waals surface area contributed by atoms with Gasteiger partial charge in [-0.1, -0.05) is 91.0 Å². The predicted octanol–water partition coefficient (Wildman–Crippen LogP) is 3.48. The maximum absolute atomic E-state index is 13.5. The number of nitrogens with zero attached hydrogens (tertiary/aromatic N) is 1. The number of carbonyl (C=O) groups is 2. The second-order valence-corrected chi connectivity index (χ2v) is 10.9. The normalized spacial score (nSPS) is 23.6. The number of primary amides is 1. The van der Waals surface area contributed by atoms with E-state index in [1.54, 1.807) is 16.7 Å². The lowest BCUT2D eigenvalue weighted by Crippen LogP contribution is -2.73. The topological polar surface area (TPSA) is 75.4 Å². The van der Waals surface area contributed by atoms with Gasteiger partial charge in [0, 0.05) is 4.75 Å². The van der Waals surface area contributed by atoms with Crippen molar-refractivity contribution in [3.05, 3.63) is 108 Å². The first kappa shape index (κ1) is 21.7. The molecule has 5 rings (SSSR count). The van der Waals surface area contributed by atoms with Crippen molar-refractivity contribution in [3.8, 4) is 0 Å². The van der Waals surface area contributed by atoms with E-state index in [0.29, 0.717) is 0 Å². The summed E-state index contributed by atoms with van der Waals surface area (Å²) in [6.07, 6.45) is 0. The van der Waals surface area contributed by atoms with Crippen LogP contribution in [0.2, 0.25) is 0 Å². The minimum Gasteiger partial charge on any atom is -0.368 e. The van der Waals surface area contributed by atoms with E-state index in [0.717, 1.165) is 16.7 Å². The fourth-order valence-electron chi connectivity index (χ4n) is 5.26. The van der Waals surface area contributed by atoms with Gasteiger partial charge in [-0.25, -0.2) is 0 Å². The molecule has 0 aromatic heterocycles. The lowest BCUT2D eigenvalue weighted by molar-refractivity contribution is -0.153. The van der Waals surface area contributed by atoms with Gasteiger partial charge in [-0.15, -0.1) is 11.8 Å². The van der Waals surface area contributed by atoms with E-state index in [2.05, 4.69) is 41.7 Å². The van der Waals surface area contributed by atoms with Crippen molar-refractivity contribution >= 4 is 23.6 Å². The van der Waals surface area contributed by atoms with E-state index < -0.39 is 28.3 Å². The molecule has 3 aromatic rings. The van der Waals surface area contributed by atoms with Crippen LogP contribution >= 0.6 is 11.8 Å². The van der Waals surface area contributed by atoms with Crippen LogP contribution in [-0.2, 0) is 15.1 Å². The van der Waals surface area contributed by atoms with Gasteiger partial charge in [-0.05, 0) is 30.5 Å². The molecule has 2 amide bonds. The monoisotopic (exact) mass is 457 g/mol. The van der Waals surface area contributed by atoms with E-state index in [9.17, 15) is 9.59 Å². The molecule has 3 atom stereocenters. The summed E-state index contributed by atoms with van der Waals surface area (Å²) in [7, 11) is 0. The summed E-state index contributed by atoms with van der Waals surface area (Å²) in [4.78, 5) is 27.3. The number of nitrogens with two attached hydrogens (primary N) is 1. The third-order valence-electron chi connectivity index (χ3n) is 6.70. The third-order valence-corrected chi connectivity index (χ3v) is 8.27. The number of hydrogen-bond donors (Lipinski definition) is 2. The van der Waals surface area contributed by atoms with Gasteiger partial charge in [-0.3, -0.25) is 14.9 Å². The SMILES string of the molecule is CC1(C)S[C@H]2C(NC(c3ccccc3)(c3ccccc3)c3ccccc3)C(=O)N2C1C(N)=O. The lowest BCUT2D eigenvalue weighted by atomic mass is 9.76. The Morgan fingerprint density at radius 1 is 0.879 bits per heavy atom. The summed E-state index contributed by atoms with van der Waals surface area (Å²) in [5, 5.41) is 3.60. The molecule has 0 aliphatic carbocycles. The summed E-state index contributed by atoms with van der Waals surface area (Å²) in [5.41, 5.74) is 8.09. The molecule has 168 valence electrons. The molecule has 0 saturated carbocycles. The molecule has 0 radical (unpaired) electrons. The van der Waals surface area contributed by atoms with Crippen molar-refractivity contribution in [2.24, 2.45) is 5.73 Å². The number of thioether (sulfide) groups is 1. The molecule has 2 aliphatic rings. The highest BCUT2D eigenvalue weighted by molar-refractivity contribution is 8.01. The van der Waals surface area contributed by atoms with Crippen LogP contribution in [0.15, 0.2) is 91.0 Å². The Balaban J connectivity index is 1.64. The minimum absolute atomic E-state index is 0.0888. The highest BCUT2D eigenvalue weighted by Crippen LogP contribution is 2.52. The van der Waals surface area contributed by atoms with Gasteiger partial charge in [0.25, 0.3) is 0 Å².